The first-order valence-corrected chi connectivity index (χ1v) is 9.07. The molecule has 0 saturated heterocycles. The van der Waals surface area contributed by atoms with Gasteiger partial charge in [-0.25, -0.2) is 0 Å². The highest BCUT2D eigenvalue weighted by Gasteiger charge is 2.32. The zero-order valence-corrected chi connectivity index (χ0v) is 16.9. The molecular weight excluding hydrogens is 316 g/mol. The highest BCUT2D eigenvalue weighted by atomic mass is 16.5. The lowest BCUT2D eigenvalue weighted by Crippen LogP contribution is -2.40. The number of aryl methyl sites for hydroxylation is 1. The average Bonchev–Trinajstić information content (AvgIpc) is 2.54. The van der Waals surface area contributed by atoms with Crippen molar-refractivity contribution < 1.29 is 20.1 Å². The first-order chi connectivity index (χ1) is 11.4. The molecular formula is C21H36O4. The van der Waals surface area contributed by atoms with Crippen LogP contribution >= 0.6 is 0 Å². The second kappa shape index (κ2) is 8.07. The van der Waals surface area contributed by atoms with E-state index in [9.17, 15) is 15.3 Å². The Morgan fingerprint density at radius 1 is 0.800 bits per heavy atom. The van der Waals surface area contributed by atoms with Crippen molar-refractivity contribution in [2.75, 3.05) is 26.4 Å². The number of aliphatic hydroxyl groups excluding tert-OH is 3. The van der Waals surface area contributed by atoms with Gasteiger partial charge in [0.2, 0.25) is 0 Å². The lowest BCUT2D eigenvalue weighted by molar-refractivity contribution is -0.0265. The van der Waals surface area contributed by atoms with E-state index in [1.165, 1.54) is 5.56 Å². The molecule has 25 heavy (non-hydrogen) atoms. The van der Waals surface area contributed by atoms with E-state index in [-0.39, 0.29) is 37.3 Å². The number of aliphatic hydroxyl groups is 3. The molecule has 1 aromatic rings. The van der Waals surface area contributed by atoms with Gasteiger partial charge < -0.3 is 20.1 Å². The van der Waals surface area contributed by atoms with E-state index in [1.54, 1.807) is 0 Å². The molecule has 0 aliphatic heterocycles. The van der Waals surface area contributed by atoms with Gasteiger partial charge in [0.25, 0.3) is 0 Å². The van der Waals surface area contributed by atoms with E-state index in [4.69, 9.17) is 4.74 Å². The zero-order chi connectivity index (χ0) is 19.5. The lowest BCUT2D eigenvalue weighted by Gasteiger charge is -2.33. The number of benzene rings is 1. The summed E-state index contributed by atoms with van der Waals surface area (Å²) in [5.74, 6) is 0.803. The molecule has 0 aromatic heterocycles. The topological polar surface area (TPSA) is 69.9 Å². The summed E-state index contributed by atoms with van der Waals surface area (Å²) in [5.41, 5.74) is 2.22. The largest absolute Gasteiger partial charge is 0.492 e. The summed E-state index contributed by atoms with van der Waals surface area (Å²) in [4.78, 5) is 0. The van der Waals surface area contributed by atoms with E-state index < -0.39 is 5.41 Å². The van der Waals surface area contributed by atoms with Crippen molar-refractivity contribution in [3.05, 3.63) is 28.8 Å². The Hall–Kier alpha value is -1.10. The molecule has 1 aromatic carbocycles. The molecule has 0 heterocycles. The Kier molecular flexibility index (Phi) is 7.08. The van der Waals surface area contributed by atoms with Crippen LogP contribution in [0.2, 0.25) is 0 Å². The van der Waals surface area contributed by atoms with Crippen LogP contribution in [0.1, 0.15) is 65.2 Å². The first-order valence-electron chi connectivity index (χ1n) is 9.07. The van der Waals surface area contributed by atoms with Crippen LogP contribution in [-0.2, 0) is 17.3 Å². The molecule has 0 bridgehead atoms. The van der Waals surface area contributed by atoms with E-state index in [0.29, 0.717) is 0 Å². The molecule has 4 heteroatoms. The number of hydrogen-bond donors (Lipinski definition) is 3. The van der Waals surface area contributed by atoms with Gasteiger partial charge >= 0.3 is 0 Å². The van der Waals surface area contributed by atoms with Gasteiger partial charge in [-0.1, -0.05) is 60.6 Å². The normalized spacial score (nSPS) is 13.2. The lowest BCUT2D eigenvalue weighted by atomic mass is 9.78. The van der Waals surface area contributed by atoms with Crippen molar-refractivity contribution in [3.8, 4) is 5.75 Å². The van der Waals surface area contributed by atoms with Crippen LogP contribution in [0.5, 0.6) is 5.75 Å². The Morgan fingerprint density at radius 2 is 1.20 bits per heavy atom. The molecule has 0 saturated carbocycles. The number of hydrogen-bond acceptors (Lipinski definition) is 4. The molecule has 4 nitrogen and oxygen atoms in total. The standard InChI is InChI=1S/C21H36O4/c1-8-15-9-16(19(2,3)4)18(17(10-15)20(5,6)7)25-14-21(11-22,12-23)13-24/h9-10,22-24H,8,11-14H2,1-7H3. The fraction of sp³-hybridized carbons (Fsp3) is 0.714. The third kappa shape index (κ3) is 5.19. The van der Waals surface area contributed by atoms with Crippen LogP contribution in [-0.4, -0.2) is 41.7 Å². The van der Waals surface area contributed by atoms with Crippen molar-refractivity contribution in [3.63, 3.8) is 0 Å². The van der Waals surface area contributed by atoms with Crippen LogP contribution < -0.4 is 4.74 Å². The summed E-state index contributed by atoms with van der Waals surface area (Å²) in [6.07, 6.45) is 0.945. The SMILES string of the molecule is CCc1cc(C(C)(C)C)c(OCC(CO)(CO)CO)c(C(C)(C)C)c1. The Labute approximate surface area is 152 Å². The maximum Gasteiger partial charge on any atom is 0.126 e. The maximum atomic E-state index is 9.60. The van der Waals surface area contributed by atoms with E-state index in [1.807, 2.05) is 0 Å². The summed E-state index contributed by atoms with van der Waals surface area (Å²) < 4.78 is 6.18. The number of rotatable bonds is 7. The van der Waals surface area contributed by atoms with Gasteiger partial charge in [-0.15, -0.1) is 0 Å². The van der Waals surface area contributed by atoms with Crippen LogP contribution in [0.4, 0.5) is 0 Å². The molecule has 0 fully saturated rings. The molecule has 1 rings (SSSR count). The van der Waals surface area contributed by atoms with Gasteiger partial charge in [0.15, 0.2) is 0 Å². The molecule has 0 aliphatic carbocycles. The minimum atomic E-state index is -1.05. The Morgan fingerprint density at radius 3 is 1.48 bits per heavy atom. The number of ether oxygens (including phenoxy) is 1. The zero-order valence-electron chi connectivity index (χ0n) is 16.9. The summed E-state index contributed by atoms with van der Waals surface area (Å²) in [6.45, 7) is 14.1. The van der Waals surface area contributed by atoms with Crippen molar-refractivity contribution in [2.24, 2.45) is 5.41 Å². The predicted octanol–water partition coefficient (Wildman–Crippen LogP) is 3.19. The third-order valence-electron chi connectivity index (χ3n) is 4.70. The van der Waals surface area contributed by atoms with Gasteiger partial charge in [0.1, 0.15) is 12.4 Å². The molecule has 0 unspecified atom stereocenters. The van der Waals surface area contributed by atoms with Gasteiger partial charge in [0.05, 0.1) is 25.2 Å². The molecule has 0 amide bonds. The first kappa shape index (κ1) is 21.9. The molecule has 3 N–H and O–H groups in total. The fourth-order valence-corrected chi connectivity index (χ4v) is 2.67. The van der Waals surface area contributed by atoms with Gasteiger partial charge in [-0.3, -0.25) is 0 Å². The summed E-state index contributed by atoms with van der Waals surface area (Å²) in [6, 6.07) is 4.37. The van der Waals surface area contributed by atoms with Gasteiger partial charge in [0, 0.05) is 11.1 Å². The summed E-state index contributed by atoms with van der Waals surface area (Å²) >= 11 is 0. The van der Waals surface area contributed by atoms with Crippen molar-refractivity contribution in [1.29, 1.82) is 0 Å². The van der Waals surface area contributed by atoms with E-state index in [0.717, 1.165) is 23.3 Å². The average molecular weight is 353 g/mol. The minimum Gasteiger partial charge on any atom is -0.492 e. The summed E-state index contributed by atoms with van der Waals surface area (Å²) in [7, 11) is 0. The Bertz CT molecular complexity index is 517. The van der Waals surface area contributed by atoms with Crippen molar-refractivity contribution in [1.82, 2.24) is 0 Å². The third-order valence-corrected chi connectivity index (χ3v) is 4.70. The van der Waals surface area contributed by atoms with Crippen LogP contribution in [0.15, 0.2) is 12.1 Å². The molecule has 0 atom stereocenters. The molecule has 0 radical (unpaired) electrons. The van der Waals surface area contributed by atoms with Gasteiger partial charge in [-0.2, -0.15) is 0 Å². The van der Waals surface area contributed by atoms with Crippen LogP contribution in [0, 0.1) is 5.41 Å². The maximum absolute atomic E-state index is 9.60. The van der Waals surface area contributed by atoms with Crippen molar-refractivity contribution >= 4 is 0 Å². The molecule has 0 spiro atoms. The van der Waals surface area contributed by atoms with Crippen molar-refractivity contribution in [2.45, 2.75) is 65.7 Å². The highest BCUT2D eigenvalue weighted by molar-refractivity contribution is 5.51. The van der Waals surface area contributed by atoms with E-state index >= 15 is 0 Å². The van der Waals surface area contributed by atoms with Crippen LogP contribution in [0.25, 0.3) is 0 Å². The molecule has 0 aliphatic rings. The second-order valence-corrected chi connectivity index (χ2v) is 9.14. The van der Waals surface area contributed by atoms with E-state index in [2.05, 4.69) is 60.6 Å². The monoisotopic (exact) mass is 352 g/mol. The molecule has 144 valence electrons. The minimum absolute atomic E-state index is 0.0636. The highest BCUT2D eigenvalue weighted by Crippen LogP contribution is 2.41. The fourth-order valence-electron chi connectivity index (χ4n) is 2.67. The Balaban J connectivity index is 3.49. The van der Waals surface area contributed by atoms with Crippen LogP contribution in [0.3, 0.4) is 0 Å². The smallest absolute Gasteiger partial charge is 0.126 e. The summed E-state index contributed by atoms with van der Waals surface area (Å²) in [5, 5.41) is 28.8. The second-order valence-electron chi connectivity index (χ2n) is 9.14. The predicted molar refractivity (Wildman–Crippen MR) is 102 cm³/mol. The quantitative estimate of drug-likeness (QED) is 0.705. The van der Waals surface area contributed by atoms with Gasteiger partial charge in [-0.05, 0) is 22.8 Å².